The van der Waals surface area contributed by atoms with E-state index >= 15 is 0 Å². The van der Waals surface area contributed by atoms with Gasteiger partial charge >= 0.3 is 11.6 Å². The Morgan fingerprint density at radius 2 is 2.36 bits per heavy atom. The Morgan fingerprint density at radius 1 is 1.71 bits per heavy atom. The molecule has 0 saturated carbocycles. The van der Waals surface area contributed by atoms with Crippen LogP contribution in [0, 0.1) is 0 Å². The molecular formula is C7H14Br2N2O2Si. The molecule has 1 aliphatic rings. The summed E-state index contributed by atoms with van der Waals surface area (Å²) < 4.78 is 0. The van der Waals surface area contributed by atoms with E-state index in [-0.39, 0.29) is 11.6 Å². The average molecular weight is 346 g/mol. The Balaban J connectivity index is 2.30. The molecule has 0 radical (unpaired) electrons. The van der Waals surface area contributed by atoms with Crippen molar-refractivity contribution in [3.8, 4) is 0 Å². The number of carbonyl (C=O) groups is 1. The van der Waals surface area contributed by atoms with Gasteiger partial charge < -0.3 is 15.0 Å². The number of hydrogen-bond acceptors (Lipinski definition) is 2. The predicted molar refractivity (Wildman–Crippen MR) is 64.8 cm³/mol. The number of halogens is 2. The third-order valence-electron chi connectivity index (χ3n) is 2.37. The average Bonchev–Trinajstić information content (AvgIpc) is 2.45. The van der Waals surface area contributed by atoms with Crippen LogP contribution in [0.15, 0.2) is 0 Å². The lowest BCUT2D eigenvalue weighted by atomic mass is 10.3. The quantitative estimate of drug-likeness (QED) is 0.599. The van der Waals surface area contributed by atoms with Gasteiger partial charge in [-0.2, -0.15) is 0 Å². The molecule has 1 saturated heterocycles. The van der Waals surface area contributed by atoms with Crippen LogP contribution in [0.2, 0.25) is 5.54 Å². The SMILES string of the molecule is CC(CCN1CCNC1=O)[Si](O)(Br)Br. The topological polar surface area (TPSA) is 52.6 Å². The summed E-state index contributed by atoms with van der Waals surface area (Å²) in [5, 5.41) is 2.74. The molecule has 1 atom stereocenters. The largest absolute Gasteiger partial charge is 0.415 e. The first-order valence-corrected chi connectivity index (χ1v) is 11.1. The molecular weight excluding hydrogens is 332 g/mol. The van der Waals surface area contributed by atoms with Crippen LogP contribution in [0.25, 0.3) is 0 Å². The summed E-state index contributed by atoms with van der Waals surface area (Å²) in [4.78, 5) is 22.6. The molecule has 0 spiro atoms. The molecule has 7 heteroatoms. The molecule has 0 aromatic carbocycles. The zero-order valence-electron chi connectivity index (χ0n) is 7.96. The molecule has 0 aromatic heterocycles. The minimum absolute atomic E-state index is 0.00607. The molecule has 1 heterocycles. The number of urea groups is 1. The van der Waals surface area contributed by atoms with E-state index in [9.17, 15) is 9.59 Å². The van der Waals surface area contributed by atoms with Gasteiger partial charge in [0.2, 0.25) is 0 Å². The Morgan fingerprint density at radius 3 is 2.79 bits per heavy atom. The second kappa shape index (κ2) is 4.96. The molecule has 82 valence electrons. The van der Waals surface area contributed by atoms with Crippen LogP contribution in [0.1, 0.15) is 13.3 Å². The van der Waals surface area contributed by atoms with Gasteiger partial charge in [-0.1, -0.05) is 37.5 Å². The highest BCUT2D eigenvalue weighted by Gasteiger charge is 2.32. The molecule has 4 nitrogen and oxygen atoms in total. The monoisotopic (exact) mass is 344 g/mol. The van der Waals surface area contributed by atoms with Crippen LogP contribution in [-0.2, 0) is 0 Å². The van der Waals surface area contributed by atoms with E-state index in [0.29, 0.717) is 6.54 Å². The number of hydrogen-bond donors (Lipinski definition) is 2. The molecule has 0 bridgehead atoms. The van der Waals surface area contributed by atoms with Crippen LogP contribution in [0.4, 0.5) is 4.79 Å². The zero-order valence-corrected chi connectivity index (χ0v) is 12.1. The van der Waals surface area contributed by atoms with Crippen molar-refractivity contribution in [3.63, 3.8) is 0 Å². The van der Waals surface area contributed by atoms with Gasteiger partial charge in [0.05, 0.1) is 0 Å². The summed E-state index contributed by atoms with van der Waals surface area (Å²) in [5.74, 6) is 0. The molecule has 1 unspecified atom stereocenters. The third kappa shape index (κ3) is 3.52. The number of carbonyl (C=O) groups excluding carboxylic acids is 1. The van der Waals surface area contributed by atoms with Crippen molar-refractivity contribution in [3.05, 3.63) is 0 Å². The van der Waals surface area contributed by atoms with Gasteiger partial charge in [0.15, 0.2) is 0 Å². The number of nitrogens with zero attached hydrogens (tertiary/aromatic N) is 1. The highest BCUT2D eigenvalue weighted by molar-refractivity contribution is 9.50. The maximum atomic E-state index is 11.2. The fourth-order valence-corrected chi connectivity index (χ4v) is 3.10. The number of rotatable bonds is 4. The molecule has 1 fully saturated rings. The van der Waals surface area contributed by atoms with E-state index in [1.807, 2.05) is 6.92 Å². The molecule has 0 aromatic rings. The minimum atomic E-state index is -2.39. The van der Waals surface area contributed by atoms with Gasteiger partial charge in [-0.25, -0.2) is 4.79 Å². The molecule has 14 heavy (non-hydrogen) atoms. The summed E-state index contributed by atoms with van der Waals surface area (Å²) in [6.45, 7) is 4.19. The Kier molecular flexibility index (Phi) is 4.42. The first kappa shape index (κ1) is 12.5. The Labute approximate surface area is 100 Å². The number of nitrogens with one attached hydrogen (secondary N) is 1. The van der Waals surface area contributed by atoms with Crippen molar-refractivity contribution >= 4 is 42.2 Å². The first-order chi connectivity index (χ1) is 6.41. The fraction of sp³-hybridized carbons (Fsp3) is 0.857. The lowest BCUT2D eigenvalue weighted by Gasteiger charge is -2.21. The Bertz CT molecular complexity index is 222. The highest BCUT2D eigenvalue weighted by atomic mass is 79.9. The van der Waals surface area contributed by atoms with Crippen molar-refractivity contribution in [2.75, 3.05) is 19.6 Å². The number of amides is 2. The van der Waals surface area contributed by atoms with E-state index < -0.39 is 5.56 Å². The normalized spacial score (nSPS) is 19.7. The lowest BCUT2D eigenvalue weighted by Crippen LogP contribution is -2.32. The maximum Gasteiger partial charge on any atom is 0.336 e. The van der Waals surface area contributed by atoms with Gasteiger partial charge in [0.1, 0.15) is 0 Å². The zero-order chi connectivity index (χ0) is 10.8. The summed E-state index contributed by atoms with van der Waals surface area (Å²) >= 11 is 6.52. The van der Waals surface area contributed by atoms with Gasteiger partial charge in [0, 0.05) is 19.6 Å². The van der Waals surface area contributed by atoms with Crippen molar-refractivity contribution in [2.24, 2.45) is 0 Å². The molecule has 1 aliphatic heterocycles. The molecule has 2 N–H and O–H groups in total. The van der Waals surface area contributed by atoms with Crippen molar-refractivity contribution in [1.82, 2.24) is 10.2 Å². The molecule has 1 rings (SSSR count). The fourth-order valence-electron chi connectivity index (χ4n) is 1.25. The molecule has 0 aliphatic carbocycles. The second-order valence-electron chi connectivity index (χ2n) is 3.50. The minimum Gasteiger partial charge on any atom is -0.415 e. The van der Waals surface area contributed by atoms with E-state index in [1.165, 1.54) is 0 Å². The standard InChI is InChI=1S/C7H14Br2N2O2Si/c1-6(14(8,9)13)2-4-11-5-3-10-7(11)12/h6,13H,2-5H2,1H3,(H,10,12). The van der Waals surface area contributed by atoms with Crippen LogP contribution in [-0.4, -0.2) is 40.9 Å². The summed E-state index contributed by atoms with van der Waals surface area (Å²) in [5.41, 5.74) is -2.21. The van der Waals surface area contributed by atoms with E-state index in [0.717, 1.165) is 19.5 Å². The van der Waals surface area contributed by atoms with Gasteiger partial charge in [-0.15, -0.1) is 0 Å². The third-order valence-corrected chi connectivity index (χ3v) is 8.53. The summed E-state index contributed by atoms with van der Waals surface area (Å²) in [6.07, 6.45) is 0.812. The van der Waals surface area contributed by atoms with E-state index in [2.05, 4.69) is 35.9 Å². The van der Waals surface area contributed by atoms with Crippen LogP contribution < -0.4 is 5.32 Å². The lowest BCUT2D eigenvalue weighted by molar-refractivity contribution is 0.216. The van der Waals surface area contributed by atoms with E-state index in [4.69, 9.17) is 0 Å². The molecule has 2 amide bonds. The van der Waals surface area contributed by atoms with Crippen molar-refractivity contribution < 1.29 is 9.59 Å². The highest BCUT2D eigenvalue weighted by Crippen LogP contribution is 2.33. The van der Waals surface area contributed by atoms with Gasteiger partial charge in [0.25, 0.3) is 0 Å². The second-order valence-corrected chi connectivity index (χ2v) is 16.1. The van der Waals surface area contributed by atoms with Crippen LogP contribution in [0.5, 0.6) is 0 Å². The maximum absolute atomic E-state index is 11.2. The summed E-state index contributed by atoms with van der Waals surface area (Å²) in [7, 11) is 0. The van der Waals surface area contributed by atoms with Crippen molar-refractivity contribution in [1.29, 1.82) is 0 Å². The van der Waals surface area contributed by atoms with Crippen molar-refractivity contribution in [2.45, 2.75) is 18.9 Å². The van der Waals surface area contributed by atoms with Gasteiger partial charge in [-0.05, 0) is 12.0 Å². The smallest absolute Gasteiger partial charge is 0.336 e. The van der Waals surface area contributed by atoms with Crippen LogP contribution in [0.3, 0.4) is 0 Å². The van der Waals surface area contributed by atoms with Gasteiger partial charge in [-0.3, -0.25) is 0 Å². The predicted octanol–water partition coefficient (Wildman–Crippen LogP) is 1.51. The summed E-state index contributed by atoms with van der Waals surface area (Å²) in [6, 6.07) is 0.00607. The van der Waals surface area contributed by atoms with Crippen LogP contribution >= 0.6 is 30.6 Å². The first-order valence-electron chi connectivity index (χ1n) is 4.54. The van der Waals surface area contributed by atoms with E-state index in [1.54, 1.807) is 4.90 Å². The Hall–Kier alpha value is 0.407.